The molecule has 0 saturated carbocycles. The number of carbonyl (C=O) groups is 1. The van der Waals surface area contributed by atoms with E-state index in [4.69, 9.17) is 4.74 Å². The SMILES string of the molecule is Cc1cccc(CNC(=O)CNc2ccc(Oc3ccccc3)cc2)c1. The van der Waals surface area contributed by atoms with Gasteiger partial charge in [0, 0.05) is 12.2 Å². The van der Waals surface area contributed by atoms with Crippen molar-refractivity contribution in [2.24, 2.45) is 0 Å². The molecule has 0 fully saturated rings. The predicted octanol–water partition coefficient (Wildman–Crippen LogP) is 4.52. The van der Waals surface area contributed by atoms with E-state index < -0.39 is 0 Å². The van der Waals surface area contributed by atoms with Gasteiger partial charge in [-0.15, -0.1) is 0 Å². The number of hydrogen-bond acceptors (Lipinski definition) is 3. The van der Waals surface area contributed by atoms with E-state index >= 15 is 0 Å². The molecule has 3 aromatic rings. The summed E-state index contributed by atoms with van der Waals surface area (Å²) >= 11 is 0. The highest BCUT2D eigenvalue weighted by atomic mass is 16.5. The Kier molecular flexibility index (Phi) is 5.88. The van der Waals surface area contributed by atoms with Crippen molar-refractivity contribution < 1.29 is 9.53 Å². The number of para-hydroxylation sites is 1. The largest absolute Gasteiger partial charge is 0.457 e. The van der Waals surface area contributed by atoms with Crippen molar-refractivity contribution >= 4 is 11.6 Å². The monoisotopic (exact) mass is 346 g/mol. The Hall–Kier alpha value is -3.27. The summed E-state index contributed by atoms with van der Waals surface area (Å²) in [5, 5.41) is 6.03. The molecule has 0 aliphatic rings. The van der Waals surface area contributed by atoms with Gasteiger partial charge >= 0.3 is 0 Å². The molecular formula is C22H22N2O2. The van der Waals surface area contributed by atoms with E-state index in [1.54, 1.807) is 0 Å². The van der Waals surface area contributed by atoms with E-state index in [2.05, 4.69) is 16.7 Å². The van der Waals surface area contributed by atoms with E-state index in [0.29, 0.717) is 6.54 Å². The van der Waals surface area contributed by atoms with Gasteiger partial charge in [-0.1, -0.05) is 48.0 Å². The number of amides is 1. The standard InChI is InChI=1S/C22H22N2O2/c1-17-6-5-7-18(14-17)15-24-22(25)16-23-19-10-12-21(13-11-19)26-20-8-3-2-4-9-20/h2-14,23H,15-16H2,1H3,(H,24,25). The zero-order chi connectivity index (χ0) is 18.2. The topological polar surface area (TPSA) is 50.4 Å². The molecule has 0 atom stereocenters. The minimum absolute atomic E-state index is 0.0453. The molecule has 4 heteroatoms. The van der Waals surface area contributed by atoms with Crippen LogP contribution in [0, 0.1) is 6.92 Å². The molecule has 3 rings (SSSR count). The van der Waals surface area contributed by atoms with Crippen LogP contribution in [0.4, 0.5) is 5.69 Å². The summed E-state index contributed by atoms with van der Waals surface area (Å²) < 4.78 is 5.75. The van der Waals surface area contributed by atoms with Gasteiger partial charge in [0.05, 0.1) is 6.54 Å². The molecule has 2 N–H and O–H groups in total. The molecule has 26 heavy (non-hydrogen) atoms. The summed E-state index contributed by atoms with van der Waals surface area (Å²) in [6.07, 6.45) is 0. The molecule has 0 unspecified atom stereocenters. The first kappa shape index (κ1) is 17.5. The van der Waals surface area contributed by atoms with Crippen LogP contribution in [0.2, 0.25) is 0 Å². The van der Waals surface area contributed by atoms with Crippen LogP contribution in [0.3, 0.4) is 0 Å². The van der Waals surface area contributed by atoms with Crippen molar-refractivity contribution in [1.82, 2.24) is 5.32 Å². The third-order valence-corrected chi connectivity index (χ3v) is 3.86. The van der Waals surface area contributed by atoms with Crippen molar-refractivity contribution in [3.05, 3.63) is 90.0 Å². The van der Waals surface area contributed by atoms with E-state index in [9.17, 15) is 4.79 Å². The van der Waals surface area contributed by atoms with Gasteiger partial charge in [-0.25, -0.2) is 0 Å². The second-order valence-electron chi connectivity index (χ2n) is 6.06. The summed E-state index contributed by atoms with van der Waals surface area (Å²) in [6, 6.07) is 25.3. The minimum atomic E-state index is -0.0453. The van der Waals surface area contributed by atoms with Crippen molar-refractivity contribution in [1.29, 1.82) is 0 Å². The van der Waals surface area contributed by atoms with Crippen LogP contribution in [0.25, 0.3) is 0 Å². The molecule has 0 aliphatic heterocycles. The molecule has 0 bridgehead atoms. The summed E-state index contributed by atoms with van der Waals surface area (Å²) in [6.45, 7) is 2.80. The smallest absolute Gasteiger partial charge is 0.239 e. The summed E-state index contributed by atoms with van der Waals surface area (Å²) in [5.74, 6) is 1.51. The Morgan fingerprint density at radius 1 is 0.885 bits per heavy atom. The minimum Gasteiger partial charge on any atom is -0.457 e. The van der Waals surface area contributed by atoms with Crippen molar-refractivity contribution in [3.63, 3.8) is 0 Å². The Morgan fingerprint density at radius 2 is 1.62 bits per heavy atom. The molecule has 0 spiro atoms. The lowest BCUT2D eigenvalue weighted by atomic mass is 10.1. The highest BCUT2D eigenvalue weighted by Crippen LogP contribution is 2.22. The van der Waals surface area contributed by atoms with Gasteiger partial charge in [0.25, 0.3) is 0 Å². The number of carbonyl (C=O) groups excluding carboxylic acids is 1. The van der Waals surface area contributed by atoms with Crippen molar-refractivity contribution in [2.75, 3.05) is 11.9 Å². The maximum Gasteiger partial charge on any atom is 0.239 e. The van der Waals surface area contributed by atoms with Crippen molar-refractivity contribution in [3.8, 4) is 11.5 Å². The van der Waals surface area contributed by atoms with E-state index in [0.717, 1.165) is 22.7 Å². The normalized spacial score (nSPS) is 10.2. The molecule has 0 aliphatic carbocycles. The van der Waals surface area contributed by atoms with E-state index in [1.165, 1.54) is 5.56 Å². The predicted molar refractivity (Wildman–Crippen MR) is 104 cm³/mol. The number of nitrogens with one attached hydrogen (secondary N) is 2. The second kappa shape index (κ2) is 8.72. The van der Waals surface area contributed by atoms with E-state index in [1.807, 2.05) is 79.7 Å². The third kappa shape index (κ3) is 5.38. The maximum absolute atomic E-state index is 12.0. The number of hydrogen-bond donors (Lipinski definition) is 2. The van der Waals surface area contributed by atoms with Crippen LogP contribution in [0.5, 0.6) is 11.5 Å². The Balaban J connectivity index is 1.44. The van der Waals surface area contributed by atoms with Gasteiger partial charge in [0.15, 0.2) is 0 Å². The van der Waals surface area contributed by atoms with Gasteiger partial charge in [0.1, 0.15) is 11.5 Å². The number of anilines is 1. The van der Waals surface area contributed by atoms with Crippen LogP contribution in [0.1, 0.15) is 11.1 Å². The highest BCUT2D eigenvalue weighted by Gasteiger charge is 2.02. The number of benzene rings is 3. The molecule has 3 aromatic carbocycles. The average molecular weight is 346 g/mol. The molecule has 0 saturated heterocycles. The van der Waals surface area contributed by atoms with Gasteiger partial charge in [0.2, 0.25) is 5.91 Å². The van der Waals surface area contributed by atoms with Crippen LogP contribution in [0.15, 0.2) is 78.9 Å². The van der Waals surface area contributed by atoms with E-state index in [-0.39, 0.29) is 12.5 Å². The van der Waals surface area contributed by atoms with Gasteiger partial charge in [-0.05, 0) is 48.9 Å². The zero-order valence-corrected chi connectivity index (χ0v) is 14.7. The Morgan fingerprint density at radius 3 is 2.35 bits per heavy atom. The highest BCUT2D eigenvalue weighted by molar-refractivity contribution is 5.80. The fourth-order valence-corrected chi connectivity index (χ4v) is 2.53. The summed E-state index contributed by atoms with van der Waals surface area (Å²) in [7, 11) is 0. The van der Waals surface area contributed by atoms with Crippen LogP contribution in [-0.2, 0) is 11.3 Å². The molecule has 132 valence electrons. The second-order valence-corrected chi connectivity index (χ2v) is 6.06. The summed E-state index contributed by atoms with van der Waals surface area (Å²) in [4.78, 5) is 12.0. The quantitative estimate of drug-likeness (QED) is 0.661. The molecule has 1 amide bonds. The van der Waals surface area contributed by atoms with Gasteiger partial charge in [-0.3, -0.25) is 4.79 Å². The molecule has 0 heterocycles. The average Bonchev–Trinajstić information content (AvgIpc) is 2.67. The molecular weight excluding hydrogens is 324 g/mol. The molecule has 0 radical (unpaired) electrons. The number of aryl methyl sites for hydroxylation is 1. The fraction of sp³-hybridized carbons (Fsp3) is 0.136. The number of ether oxygens (including phenoxy) is 1. The maximum atomic E-state index is 12.0. The lowest BCUT2D eigenvalue weighted by Crippen LogP contribution is -2.29. The first-order chi connectivity index (χ1) is 12.7. The zero-order valence-electron chi connectivity index (χ0n) is 14.7. The van der Waals surface area contributed by atoms with Crippen LogP contribution in [-0.4, -0.2) is 12.5 Å². The molecule has 0 aromatic heterocycles. The first-order valence-corrected chi connectivity index (χ1v) is 8.58. The lowest BCUT2D eigenvalue weighted by molar-refractivity contribution is -0.119. The Bertz CT molecular complexity index is 846. The molecule has 4 nitrogen and oxygen atoms in total. The Labute approximate surface area is 153 Å². The van der Waals surface area contributed by atoms with Crippen molar-refractivity contribution in [2.45, 2.75) is 13.5 Å². The third-order valence-electron chi connectivity index (χ3n) is 3.86. The number of rotatable bonds is 7. The first-order valence-electron chi connectivity index (χ1n) is 8.58. The summed E-state index contributed by atoms with van der Waals surface area (Å²) in [5.41, 5.74) is 3.16. The van der Waals surface area contributed by atoms with Gasteiger partial charge < -0.3 is 15.4 Å². The van der Waals surface area contributed by atoms with Crippen LogP contribution < -0.4 is 15.4 Å². The fourth-order valence-electron chi connectivity index (χ4n) is 2.53. The lowest BCUT2D eigenvalue weighted by Gasteiger charge is -2.10. The van der Waals surface area contributed by atoms with Crippen LogP contribution >= 0.6 is 0 Å². The van der Waals surface area contributed by atoms with Gasteiger partial charge in [-0.2, -0.15) is 0 Å².